The standard InChI is InChI=1S/C12H19N3S/c1-12(2,16-3)11(14)15-10-6-4-5-9(7-10)8-13/h4-7H,8,13H2,1-3H3,(H2,14,15). The molecule has 0 fully saturated rings. The molecule has 88 valence electrons. The quantitative estimate of drug-likeness (QED) is 0.623. The van der Waals surface area contributed by atoms with Gasteiger partial charge in [0.25, 0.3) is 0 Å². The van der Waals surface area contributed by atoms with Gasteiger partial charge in [-0.2, -0.15) is 11.8 Å². The van der Waals surface area contributed by atoms with Crippen LogP contribution in [0.25, 0.3) is 0 Å². The molecular formula is C12H19N3S. The molecule has 0 saturated carbocycles. The first kappa shape index (κ1) is 13.1. The second-order valence-electron chi connectivity index (χ2n) is 4.09. The lowest BCUT2D eigenvalue weighted by Crippen LogP contribution is -2.34. The Bertz CT molecular complexity index is 386. The van der Waals surface area contributed by atoms with Gasteiger partial charge in [-0.05, 0) is 37.8 Å². The fraction of sp³-hybridized carbons (Fsp3) is 0.417. The van der Waals surface area contributed by atoms with Gasteiger partial charge in [-0.15, -0.1) is 0 Å². The van der Waals surface area contributed by atoms with E-state index in [1.54, 1.807) is 11.8 Å². The van der Waals surface area contributed by atoms with Crippen molar-refractivity contribution < 1.29 is 0 Å². The van der Waals surface area contributed by atoms with Gasteiger partial charge in [-0.3, -0.25) is 0 Å². The van der Waals surface area contributed by atoms with Gasteiger partial charge in [0.05, 0.1) is 10.4 Å². The Labute approximate surface area is 101 Å². The molecule has 0 aliphatic heterocycles. The third-order valence-electron chi connectivity index (χ3n) is 2.52. The number of amidine groups is 1. The van der Waals surface area contributed by atoms with Crippen LogP contribution in [-0.2, 0) is 6.54 Å². The molecule has 0 atom stereocenters. The Balaban J connectivity index is 2.98. The monoisotopic (exact) mass is 237 g/mol. The third-order valence-corrected chi connectivity index (χ3v) is 3.75. The Morgan fingerprint density at radius 3 is 2.69 bits per heavy atom. The Kier molecular flexibility index (Phi) is 4.38. The van der Waals surface area contributed by atoms with Crippen molar-refractivity contribution in [3.63, 3.8) is 0 Å². The number of nitrogens with two attached hydrogens (primary N) is 2. The Morgan fingerprint density at radius 1 is 1.44 bits per heavy atom. The molecule has 16 heavy (non-hydrogen) atoms. The van der Waals surface area contributed by atoms with E-state index in [9.17, 15) is 0 Å². The molecule has 0 aromatic heterocycles. The van der Waals surface area contributed by atoms with Crippen LogP contribution in [0, 0.1) is 0 Å². The summed E-state index contributed by atoms with van der Waals surface area (Å²) in [6.07, 6.45) is 2.03. The molecule has 1 rings (SSSR count). The summed E-state index contributed by atoms with van der Waals surface area (Å²) in [7, 11) is 0. The molecule has 0 aliphatic rings. The lowest BCUT2D eigenvalue weighted by Gasteiger charge is -2.21. The first-order valence-corrected chi connectivity index (χ1v) is 6.41. The van der Waals surface area contributed by atoms with Crippen molar-refractivity contribution in [2.45, 2.75) is 25.1 Å². The molecule has 1 aromatic rings. The largest absolute Gasteiger partial charge is 0.386 e. The van der Waals surface area contributed by atoms with Crippen LogP contribution >= 0.6 is 11.8 Å². The van der Waals surface area contributed by atoms with Crippen molar-refractivity contribution >= 4 is 23.3 Å². The van der Waals surface area contributed by atoms with Gasteiger partial charge in [0, 0.05) is 6.54 Å². The number of benzene rings is 1. The van der Waals surface area contributed by atoms with Crippen molar-refractivity contribution in [2.24, 2.45) is 16.5 Å². The first-order chi connectivity index (χ1) is 7.49. The van der Waals surface area contributed by atoms with E-state index in [1.807, 2.05) is 30.5 Å². The van der Waals surface area contributed by atoms with Gasteiger partial charge in [0.1, 0.15) is 5.84 Å². The van der Waals surface area contributed by atoms with E-state index in [0.717, 1.165) is 11.3 Å². The summed E-state index contributed by atoms with van der Waals surface area (Å²) < 4.78 is -0.140. The van der Waals surface area contributed by atoms with Crippen LogP contribution in [0.2, 0.25) is 0 Å². The minimum Gasteiger partial charge on any atom is -0.386 e. The molecule has 0 spiro atoms. The molecule has 4 heteroatoms. The minimum absolute atomic E-state index is 0.140. The molecular weight excluding hydrogens is 218 g/mol. The number of rotatable bonds is 4. The second kappa shape index (κ2) is 5.37. The maximum absolute atomic E-state index is 5.98. The van der Waals surface area contributed by atoms with Gasteiger partial charge in [0.2, 0.25) is 0 Å². The van der Waals surface area contributed by atoms with Crippen LogP contribution < -0.4 is 11.5 Å². The van der Waals surface area contributed by atoms with Gasteiger partial charge in [-0.1, -0.05) is 12.1 Å². The average Bonchev–Trinajstić information content (AvgIpc) is 2.29. The molecule has 0 heterocycles. The smallest absolute Gasteiger partial charge is 0.115 e. The van der Waals surface area contributed by atoms with E-state index in [1.165, 1.54) is 0 Å². The lowest BCUT2D eigenvalue weighted by atomic mass is 10.1. The first-order valence-electron chi connectivity index (χ1n) is 5.18. The maximum atomic E-state index is 5.98. The van der Waals surface area contributed by atoms with Crippen LogP contribution in [-0.4, -0.2) is 16.8 Å². The molecule has 0 saturated heterocycles. The number of hydrogen-bond acceptors (Lipinski definition) is 3. The van der Waals surface area contributed by atoms with Crippen LogP contribution in [0.4, 0.5) is 5.69 Å². The summed E-state index contributed by atoms with van der Waals surface area (Å²) in [5, 5.41) is 0. The van der Waals surface area contributed by atoms with Crippen LogP contribution in [0.1, 0.15) is 19.4 Å². The molecule has 3 nitrogen and oxygen atoms in total. The van der Waals surface area contributed by atoms with Crippen molar-refractivity contribution in [1.29, 1.82) is 0 Å². The van der Waals surface area contributed by atoms with Gasteiger partial charge < -0.3 is 11.5 Å². The van der Waals surface area contributed by atoms with Gasteiger partial charge in [0.15, 0.2) is 0 Å². The highest BCUT2D eigenvalue weighted by Gasteiger charge is 2.20. The highest BCUT2D eigenvalue weighted by atomic mass is 32.2. The number of hydrogen-bond donors (Lipinski definition) is 2. The van der Waals surface area contributed by atoms with Crippen LogP contribution in [0.15, 0.2) is 29.3 Å². The molecule has 0 amide bonds. The van der Waals surface area contributed by atoms with Crippen molar-refractivity contribution in [3.05, 3.63) is 29.8 Å². The van der Waals surface area contributed by atoms with E-state index in [4.69, 9.17) is 11.5 Å². The minimum atomic E-state index is -0.140. The summed E-state index contributed by atoms with van der Waals surface area (Å²) in [5.41, 5.74) is 13.5. The molecule has 4 N–H and O–H groups in total. The molecule has 0 unspecified atom stereocenters. The van der Waals surface area contributed by atoms with E-state index >= 15 is 0 Å². The van der Waals surface area contributed by atoms with Crippen molar-refractivity contribution in [2.75, 3.05) is 6.26 Å². The van der Waals surface area contributed by atoms with Gasteiger partial charge in [-0.25, -0.2) is 4.99 Å². The second-order valence-corrected chi connectivity index (χ2v) is 5.51. The van der Waals surface area contributed by atoms with E-state index in [0.29, 0.717) is 12.4 Å². The summed E-state index contributed by atoms with van der Waals surface area (Å²) >= 11 is 1.68. The number of aliphatic imine (C=N–C) groups is 1. The normalized spacial score (nSPS) is 12.9. The molecule has 1 aromatic carbocycles. The zero-order valence-electron chi connectivity index (χ0n) is 10.0. The zero-order chi connectivity index (χ0) is 12.2. The summed E-state index contributed by atoms with van der Waals surface area (Å²) in [4.78, 5) is 4.43. The number of thioether (sulfide) groups is 1. The van der Waals surface area contributed by atoms with Crippen LogP contribution in [0.5, 0.6) is 0 Å². The van der Waals surface area contributed by atoms with E-state index < -0.39 is 0 Å². The maximum Gasteiger partial charge on any atom is 0.115 e. The summed E-state index contributed by atoms with van der Waals surface area (Å²) in [6, 6.07) is 7.82. The highest BCUT2D eigenvalue weighted by Crippen LogP contribution is 2.23. The Morgan fingerprint density at radius 2 is 2.12 bits per heavy atom. The number of nitrogens with zero attached hydrogens (tertiary/aromatic N) is 1. The fourth-order valence-electron chi connectivity index (χ4n) is 1.13. The fourth-order valence-corrected chi connectivity index (χ4v) is 1.39. The van der Waals surface area contributed by atoms with Crippen molar-refractivity contribution in [1.82, 2.24) is 0 Å². The predicted octanol–water partition coefficient (Wildman–Crippen LogP) is 2.28. The average molecular weight is 237 g/mol. The van der Waals surface area contributed by atoms with E-state index in [2.05, 4.69) is 18.8 Å². The van der Waals surface area contributed by atoms with E-state index in [-0.39, 0.29) is 4.75 Å². The predicted molar refractivity (Wildman–Crippen MR) is 73.2 cm³/mol. The highest BCUT2D eigenvalue weighted by molar-refractivity contribution is 8.00. The summed E-state index contributed by atoms with van der Waals surface area (Å²) in [5.74, 6) is 0.633. The lowest BCUT2D eigenvalue weighted by molar-refractivity contribution is 0.939. The van der Waals surface area contributed by atoms with Crippen molar-refractivity contribution in [3.8, 4) is 0 Å². The Hall–Kier alpha value is -1.00. The van der Waals surface area contributed by atoms with Crippen LogP contribution in [0.3, 0.4) is 0 Å². The van der Waals surface area contributed by atoms with Gasteiger partial charge >= 0.3 is 0 Å². The summed E-state index contributed by atoms with van der Waals surface area (Å²) in [6.45, 7) is 4.64. The topological polar surface area (TPSA) is 64.4 Å². The molecule has 0 radical (unpaired) electrons. The molecule has 0 aliphatic carbocycles. The molecule has 0 bridgehead atoms. The zero-order valence-corrected chi connectivity index (χ0v) is 10.8. The third kappa shape index (κ3) is 3.25. The SMILES string of the molecule is CSC(C)(C)C(N)=Nc1cccc(CN)c1.